The second-order valence-corrected chi connectivity index (χ2v) is 12.5. The smallest absolute Gasteiger partial charge is 0.410 e. The molecule has 2 aromatic carbocycles. The summed E-state index contributed by atoms with van der Waals surface area (Å²) in [4.78, 5) is 37.5. The number of carbonyl (C=O) groups is 3. The van der Waals surface area contributed by atoms with E-state index in [2.05, 4.69) is 15.0 Å². The zero-order chi connectivity index (χ0) is 29.1. The molecule has 0 aliphatic carbocycles. The Hall–Kier alpha value is -3.45. The Morgan fingerprint density at radius 1 is 1.00 bits per heavy atom. The molecular weight excluding hydrogens is 544 g/mol. The van der Waals surface area contributed by atoms with Crippen molar-refractivity contribution >= 4 is 51.1 Å². The number of ether oxygens (including phenoxy) is 2. The maximum atomic E-state index is 12.8. The van der Waals surface area contributed by atoms with E-state index in [9.17, 15) is 22.8 Å². The SMILES string of the molecule is CC(=O)NSC[C@@H](C(=O)OCCS(=O)(=O)Cc1ccc(N=Nc2ccccc2)cc1)N(C)C(=O)OC(C)(C)C. The van der Waals surface area contributed by atoms with Crippen LogP contribution in [-0.4, -0.2) is 68.1 Å². The second kappa shape index (κ2) is 14.6. The third-order valence-corrected chi connectivity index (χ3v) is 7.35. The Morgan fingerprint density at radius 2 is 1.59 bits per heavy atom. The minimum atomic E-state index is -3.61. The van der Waals surface area contributed by atoms with Crippen molar-refractivity contribution in [2.75, 3.05) is 25.2 Å². The van der Waals surface area contributed by atoms with Crippen LogP contribution in [0.1, 0.15) is 33.3 Å². The largest absolute Gasteiger partial charge is 0.463 e. The van der Waals surface area contributed by atoms with Gasteiger partial charge in [0, 0.05) is 19.7 Å². The van der Waals surface area contributed by atoms with E-state index in [1.807, 2.05) is 30.3 Å². The molecule has 0 radical (unpaired) electrons. The zero-order valence-corrected chi connectivity index (χ0v) is 24.3. The minimum absolute atomic E-state index is 0.0190. The lowest BCUT2D eigenvalue weighted by Gasteiger charge is -2.29. The van der Waals surface area contributed by atoms with Gasteiger partial charge in [0.05, 0.1) is 22.9 Å². The van der Waals surface area contributed by atoms with Crippen LogP contribution in [-0.2, 0) is 34.7 Å². The van der Waals surface area contributed by atoms with Gasteiger partial charge in [-0.2, -0.15) is 10.2 Å². The molecule has 0 aliphatic rings. The summed E-state index contributed by atoms with van der Waals surface area (Å²) in [5.41, 5.74) is 1.04. The highest BCUT2D eigenvalue weighted by atomic mass is 32.2. The number of carbonyl (C=O) groups excluding carboxylic acids is 3. The summed E-state index contributed by atoms with van der Waals surface area (Å²) in [5, 5.41) is 8.26. The molecule has 1 N–H and O–H groups in total. The van der Waals surface area contributed by atoms with Crippen molar-refractivity contribution in [1.82, 2.24) is 9.62 Å². The summed E-state index contributed by atoms with van der Waals surface area (Å²) < 4.78 is 38.2. The molecule has 0 heterocycles. The van der Waals surface area contributed by atoms with Crippen LogP contribution in [0.15, 0.2) is 64.8 Å². The van der Waals surface area contributed by atoms with Crippen molar-refractivity contribution < 1.29 is 32.3 Å². The molecule has 0 aliphatic heterocycles. The Balaban J connectivity index is 1.94. The van der Waals surface area contributed by atoms with Crippen LogP contribution in [0.4, 0.5) is 16.2 Å². The minimum Gasteiger partial charge on any atom is -0.463 e. The van der Waals surface area contributed by atoms with Gasteiger partial charge in [0.2, 0.25) is 5.91 Å². The van der Waals surface area contributed by atoms with Gasteiger partial charge >= 0.3 is 12.1 Å². The Kier molecular flexibility index (Phi) is 11.9. The van der Waals surface area contributed by atoms with E-state index in [1.165, 1.54) is 14.0 Å². The quantitative estimate of drug-likeness (QED) is 0.219. The number of azo groups is 1. The lowest BCUT2D eigenvalue weighted by Crippen LogP contribution is -2.47. The van der Waals surface area contributed by atoms with E-state index in [-0.39, 0.29) is 17.4 Å². The fourth-order valence-electron chi connectivity index (χ4n) is 2.98. The normalized spacial score (nSPS) is 12.5. The van der Waals surface area contributed by atoms with Crippen LogP contribution < -0.4 is 4.72 Å². The van der Waals surface area contributed by atoms with Crippen molar-refractivity contribution in [2.24, 2.45) is 10.2 Å². The molecule has 39 heavy (non-hydrogen) atoms. The summed E-state index contributed by atoms with van der Waals surface area (Å²) in [6, 6.07) is 14.7. The molecule has 0 unspecified atom stereocenters. The van der Waals surface area contributed by atoms with Crippen molar-refractivity contribution in [3.8, 4) is 0 Å². The van der Waals surface area contributed by atoms with E-state index in [4.69, 9.17) is 9.47 Å². The van der Waals surface area contributed by atoms with Gasteiger partial charge in [0.25, 0.3) is 0 Å². The third kappa shape index (κ3) is 12.3. The molecule has 0 aromatic heterocycles. The van der Waals surface area contributed by atoms with Crippen molar-refractivity contribution in [1.29, 1.82) is 0 Å². The summed E-state index contributed by atoms with van der Waals surface area (Å²) in [5.74, 6) is -1.82. The molecule has 0 saturated carbocycles. The first kappa shape index (κ1) is 31.8. The monoisotopic (exact) mass is 578 g/mol. The predicted molar refractivity (Wildman–Crippen MR) is 150 cm³/mol. The number of hydrogen-bond acceptors (Lipinski definition) is 10. The maximum Gasteiger partial charge on any atom is 0.410 e. The number of esters is 1. The first-order valence-electron chi connectivity index (χ1n) is 12.0. The summed E-state index contributed by atoms with van der Waals surface area (Å²) in [6.45, 7) is 5.97. The van der Waals surface area contributed by atoms with Gasteiger partial charge < -0.3 is 14.2 Å². The van der Waals surface area contributed by atoms with E-state index >= 15 is 0 Å². The highest BCUT2D eigenvalue weighted by molar-refractivity contribution is 7.98. The van der Waals surface area contributed by atoms with Crippen LogP contribution in [0, 0.1) is 0 Å². The summed E-state index contributed by atoms with van der Waals surface area (Å²) >= 11 is 0.923. The second-order valence-electron chi connectivity index (χ2n) is 9.54. The van der Waals surface area contributed by atoms with Crippen molar-refractivity contribution in [2.45, 2.75) is 45.1 Å². The van der Waals surface area contributed by atoms with Gasteiger partial charge in [-0.1, -0.05) is 30.3 Å². The van der Waals surface area contributed by atoms with E-state index in [1.54, 1.807) is 45.0 Å². The average Bonchev–Trinajstić information content (AvgIpc) is 2.85. The average molecular weight is 579 g/mol. The molecule has 2 rings (SSSR count). The Morgan fingerprint density at radius 3 is 2.15 bits per heavy atom. The van der Waals surface area contributed by atoms with Gasteiger partial charge in [0.15, 0.2) is 9.84 Å². The molecule has 1 atom stereocenters. The molecule has 0 saturated heterocycles. The van der Waals surface area contributed by atoms with Gasteiger partial charge in [0.1, 0.15) is 18.2 Å². The molecule has 13 heteroatoms. The standard InChI is InChI=1S/C26H34N4O7S2/c1-19(31)29-38-17-23(30(5)25(33)37-26(2,3)4)24(32)36-15-16-39(34,35)18-20-11-13-22(14-12-20)28-27-21-9-7-6-8-10-21/h6-14,23H,15-18H2,1-5H3,(H,29,31)/t23-/m0/s1. The predicted octanol–water partition coefficient (Wildman–Crippen LogP) is 4.58. The van der Waals surface area contributed by atoms with Crippen molar-refractivity contribution in [3.63, 3.8) is 0 Å². The number of benzene rings is 2. The lowest BCUT2D eigenvalue weighted by atomic mass is 10.2. The lowest BCUT2D eigenvalue weighted by molar-refractivity contribution is -0.147. The Labute approximate surface area is 233 Å². The third-order valence-electron chi connectivity index (χ3n) is 4.88. The van der Waals surface area contributed by atoms with Crippen molar-refractivity contribution in [3.05, 3.63) is 60.2 Å². The first-order valence-corrected chi connectivity index (χ1v) is 14.8. The van der Waals surface area contributed by atoms with Crippen LogP contribution in [0.2, 0.25) is 0 Å². The molecular formula is C26H34N4O7S2. The van der Waals surface area contributed by atoms with Gasteiger partial charge in [-0.25, -0.2) is 18.0 Å². The topological polar surface area (TPSA) is 144 Å². The fourth-order valence-corrected chi connectivity index (χ4v) is 4.97. The van der Waals surface area contributed by atoms with E-state index in [0.29, 0.717) is 16.9 Å². The van der Waals surface area contributed by atoms with Crippen LogP contribution in [0.25, 0.3) is 0 Å². The number of nitrogens with one attached hydrogen (secondary N) is 1. The molecule has 2 amide bonds. The number of hydrogen-bond donors (Lipinski definition) is 1. The van der Waals surface area contributed by atoms with Crippen LogP contribution in [0.3, 0.4) is 0 Å². The fraction of sp³-hybridized carbons (Fsp3) is 0.423. The molecule has 11 nitrogen and oxygen atoms in total. The summed E-state index contributed by atoms with van der Waals surface area (Å²) in [6.07, 6.45) is -0.757. The molecule has 0 fully saturated rings. The molecule has 2 aromatic rings. The highest BCUT2D eigenvalue weighted by Gasteiger charge is 2.32. The molecule has 0 spiro atoms. The number of likely N-dealkylation sites (N-methyl/N-ethyl adjacent to an activating group) is 1. The van der Waals surface area contributed by atoms with Gasteiger partial charge in [-0.3, -0.25) is 9.69 Å². The highest BCUT2D eigenvalue weighted by Crippen LogP contribution is 2.19. The first-order chi connectivity index (χ1) is 18.3. The van der Waals surface area contributed by atoms with Crippen LogP contribution >= 0.6 is 11.9 Å². The number of sulfone groups is 1. The Bertz CT molecular complexity index is 1250. The molecule has 0 bridgehead atoms. The number of nitrogens with zero attached hydrogens (tertiary/aromatic N) is 3. The number of amides is 2. The maximum absolute atomic E-state index is 12.8. The number of rotatable bonds is 12. The van der Waals surface area contributed by atoms with Crippen LogP contribution in [0.5, 0.6) is 0 Å². The van der Waals surface area contributed by atoms with E-state index < -0.39 is 45.9 Å². The summed E-state index contributed by atoms with van der Waals surface area (Å²) in [7, 11) is -2.24. The van der Waals surface area contributed by atoms with Gasteiger partial charge in [-0.15, -0.1) is 0 Å². The van der Waals surface area contributed by atoms with E-state index in [0.717, 1.165) is 16.8 Å². The van der Waals surface area contributed by atoms with Gasteiger partial charge in [-0.05, 0) is 62.5 Å². The zero-order valence-electron chi connectivity index (χ0n) is 22.6. The molecule has 212 valence electrons.